The maximum atomic E-state index is 13.5. The summed E-state index contributed by atoms with van der Waals surface area (Å²) in [6, 6.07) is 12.8. The van der Waals surface area contributed by atoms with Gasteiger partial charge >= 0.3 is 0 Å². The number of nitrogens with zero attached hydrogens (tertiary/aromatic N) is 1. The first-order valence-corrected chi connectivity index (χ1v) is 9.93. The first-order valence-electron chi connectivity index (χ1n) is 9.56. The topological polar surface area (TPSA) is 89.2 Å². The highest BCUT2D eigenvalue weighted by molar-refractivity contribution is 6.30. The molecule has 3 aromatic rings. The van der Waals surface area contributed by atoms with Gasteiger partial charge in [0.05, 0.1) is 25.3 Å². The summed E-state index contributed by atoms with van der Waals surface area (Å²) in [4.78, 5) is 27.7. The van der Waals surface area contributed by atoms with Crippen molar-refractivity contribution in [1.29, 1.82) is 0 Å². The summed E-state index contributed by atoms with van der Waals surface area (Å²) >= 11 is 6.01. The van der Waals surface area contributed by atoms with Gasteiger partial charge in [-0.3, -0.25) is 9.59 Å². The van der Waals surface area contributed by atoms with Crippen LogP contribution in [-0.4, -0.2) is 49.1 Å². The van der Waals surface area contributed by atoms with Crippen LogP contribution in [0.1, 0.15) is 22.2 Å². The third-order valence-corrected chi connectivity index (χ3v) is 5.47. The number of Topliss-reactive ketones (excluding diaryl/α,β-unsaturated/α-hetero) is 1. The van der Waals surface area contributed by atoms with Crippen molar-refractivity contribution in [2.24, 2.45) is 0 Å². The second-order valence-electron chi connectivity index (χ2n) is 7.03. The van der Waals surface area contributed by atoms with E-state index in [4.69, 9.17) is 25.5 Å². The number of furan rings is 1. The second kappa shape index (κ2) is 8.45. The minimum Gasteiger partial charge on any atom is -0.503 e. The summed E-state index contributed by atoms with van der Waals surface area (Å²) in [5.74, 6) is -1.35. The molecule has 0 saturated carbocycles. The van der Waals surface area contributed by atoms with Gasteiger partial charge < -0.3 is 23.9 Å². The zero-order chi connectivity index (χ0) is 22.1. The predicted molar refractivity (Wildman–Crippen MR) is 115 cm³/mol. The van der Waals surface area contributed by atoms with Gasteiger partial charge in [0.15, 0.2) is 22.9 Å². The van der Waals surface area contributed by atoms with Crippen LogP contribution in [0.4, 0.5) is 0 Å². The molecule has 7 nitrogen and oxygen atoms in total. The van der Waals surface area contributed by atoms with Gasteiger partial charge in [-0.1, -0.05) is 35.9 Å². The van der Waals surface area contributed by atoms with Gasteiger partial charge in [0, 0.05) is 24.1 Å². The predicted octanol–water partition coefficient (Wildman–Crippen LogP) is 4.32. The Bertz CT molecular complexity index is 1180. The van der Waals surface area contributed by atoms with E-state index in [1.165, 1.54) is 19.1 Å². The number of ether oxygens (including phenoxy) is 2. The van der Waals surface area contributed by atoms with E-state index in [2.05, 4.69) is 0 Å². The SMILES string of the molecule is COCCN1C(=O)C(O)=C(C(=O)c2cc3cccc(OC)c3o2)[C@@H]1c1ccc(Cl)cc1. The molecule has 1 aliphatic rings. The molecule has 31 heavy (non-hydrogen) atoms. The Labute approximate surface area is 183 Å². The van der Waals surface area contributed by atoms with Crippen LogP contribution in [0.5, 0.6) is 5.75 Å². The van der Waals surface area contributed by atoms with E-state index in [9.17, 15) is 14.7 Å². The lowest BCUT2D eigenvalue weighted by Crippen LogP contribution is -2.33. The number of fused-ring (bicyclic) bond motifs is 1. The molecule has 0 spiro atoms. The number of hydrogen-bond acceptors (Lipinski definition) is 6. The average molecular weight is 442 g/mol. The normalized spacial score (nSPS) is 16.4. The highest BCUT2D eigenvalue weighted by Gasteiger charge is 2.44. The molecule has 0 radical (unpaired) electrons. The summed E-state index contributed by atoms with van der Waals surface area (Å²) < 4.78 is 16.2. The van der Waals surface area contributed by atoms with Crippen LogP contribution in [-0.2, 0) is 9.53 Å². The summed E-state index contributed by atoms with van der Waals surface area (Å²) in [6.07, 6.45) is 0. The lowest BCUT2D eigenvalue weighted by Gasteiger charge is -2.26. The Morgan fingerprint density at radius 2 is 1.94 bits per heavy atom. The van der Waals surface area contributed by atoms with Crippen LogP contribution in [0, 0.1) is 0 Å². The fraction of sp³-hybridized carbons (Fsp3) is 0.217. The number of carbonyl (C=O) groups is 2. The molecule has 4 rings (SSSR count). The van der Waals surface area contributed by atoms with E-state index in [1.54, 1.807) is 48.5 Å². The summed E-state index contributed by atoms with van der Waals surface area (Å²) in [7, 11) is 3.02. The molecule has 2 heterocycles. The third-order valence-electron chi connectivity index (χ3n) is 5.22. The van der Waals surface area contributed by atoms with Crippen LogP contribution in [0.2, 0.25) is 5.02 Å². The van der Waals surface area contributed by atoms with Gasteiger partial charge in [-0.05, 0) is 29.8 Å². The molecule has 0 aliphatic carbocycles. The molecule has 0 fully saturated rings. The smallest absolute Gasteiger partial charge is 0.290 e. The van der Waals surface area contributed by atoms with Gasteiger partial charge in [-0.15, -0.1) is 0 Å². The number of carbonyl (C=O) groups excluding carboxylic acids is 2. The van der Waals surface area contributed by atoms with Crippen molar-refractivity contribution >= 4 is 34.3 Å². The molecule has 0 saturated heterocycles. The van der Waals surface area contributed by atoms with E-state index >= 15 is 0 Å². The molecule has 1 amide bonds. The summed E-state index contributed by atoms with van der Waals surface area (Å²) in [6.45, 7) is 0.434. The van der Waals surface area contributed by atoms with Crippen molar-refractivity contribution in [1.82, 2.24) is 4.90 Å². The Hall–Kier alpha value is -3.29. The number of hydrogen-bond donors (Lipinski definition) is 1. The minimum absolute atomic E-state index is 0.00130. The van der Waals surface area contributed by atoms with Gasteiger partial charge in [0.25, 0.3) is 5.91 Å². The van der Waals surface area contributed by atoms with Crippen LogP contribution < -0.4 is 4.74 Å². The van der Waals surface area contributed by atoms with Crippen LogP contribution in [0.15, 0.2) is 64.3 Å². The Kier molecular flexibility index (Phi) is 5.71. The summed E-state index contributed by atoms with van der Waals surface area (Å²) in [5, 5.41) is 11.8. The molecular formula is C23H20ClNO6. The van der Waals surface area contributed by atoms with Gasteiger partial charge in [0.1, 0.15) is 0 Å². The summed E-state index contributed by atoms with van der Waals surface area (Å²) in [5.41, 5.74) is 0.994. The van der Waals surface area contributed by atoms with E-state index in [0.717, 1.165) is 0 Å². The number of para-hydroxylation sites is 1. The molecule has 0 bridgehead atoms. The number of rotatable bonds is 7. The number of benzene rings is 2. The fourth-order valence-electron chi connectivity index (χ4n) is 3.74. The van der Waals surface area contributed by atoms with Crippen LogP contribution in [0.25, 0.3) is 11.0 Å². The molecule has 1 aromatic heterocycles. The zero-order valence-electron chi connectivity index (χ0n) is 16.9. The van der Waals surface area contributed by atoms with Crippen LogP contribution in [0.3, 0.4) is 0 Å². The molecule has 160 valence electrons. The molecule has 1 N–H and O–H groups in total. The highest BCUT2D eigenvalue weighted by Crippen LogP contribution is 2.40. The zero-order valence-corrected chi connectivity index (χ0v) is 17.7. The molecule has 8 heteroatoms. The number of aliphatic hydroxyl groups is 1. The Balaban J connectivity index is 1.80. The lowest BCUT2D eigenvalue weighted by atomic mass is 9.95. The van der Waals surface area contributed by atoms with Crippen LogP contribution >= 0.6 is 11.6 Å². The minimum atomic E-state index is -0.803. The van der Waals surface area contributed by atoms with Crippen molar-refractivity contribution < 1.29 is 28.6 Å². The number of ketones is 1. The van der Waals surface area contributed by atoms with Crippen molar-refractivity contribution in [3.8, 4) is 5.75 Å². The van der Waals surface area contributed by atoms with E-state index < -0.39 is 23.5 Å². The molecule has 2 aromatic carbocycles. The third kappa shape index (κ3) is 3.66. The van der Waals surface area contributed by atoms with Crippen molar-refractivity contribution in [2.75, 3.05) is 27.4 Å². The van der Waals surface area contributed by atoms with E-state index in [-0.39, 0.29) is 24.5 Å². The Morgan fingerprint density at radius 3 is 2.61 bits per heavy atom. The molecule has 0 unspecified atom stereocenters. The standard InChI is InChI=1S/C23H20ClNO6/c1-29-11-10-25-19(13-6-8-15(24)9-7-13)18(21(27)23(25)28)20(26)17-12-14-4-3-5-16(30-2)22(14)31-17/h3-9,12,19,27H,10-11H2,1-2H3/t19-/m0/s1. The average Bonchev–Trinajstić information content (AvgIpc) is 3.32. The quantitative estimate of drug-likeness (QED) is 0.549. The first-order chi connectivity index (χ1) is 15.0. The molecule has 1 aliphatic heterocycles. The molecular weight excluding hydrogens is 422 g/mol. The van der Waals surface area contributed by atoms with Crippen molar-refractivity contribution in [3.05, 3.63) is 76.2 Å². The monoisotopic (exact) mass is 441 g/mol. The van der Waals surface area contributed by atoms with E-state index in [0.29, 0.717) is 27.3 Å². The first kappa shape index (κ1) is 21.0. The van der Waals surface area contributed by atoms with Crippen molar-refractivity contribution in [3.63, 3.8) is 0 Å². The fourth-order valence-corrected chi connectivity index (χ4v) is 3.87. The Morgan fingerprint density at radius 1 is 1.19 bits per heavy atom. The second-order valence-corrected chi connectivity index (χ2v) is 7.46. The van der Waals surface area contributed by atoms with Crippen molar-refractivity contribution in [2.45, 2.75) is 6.04 Å². The lowest BCUT2D eigenvalue weighted by molar-refractivity contribution is -0.130. The number of methoxy groups -OCH3 is 2. The maximum absolute atomic E-state index is 13.5. The van der Waals surface area contributed by atoms with E-state index in [1.807, 2.05) is 0 Å². The van der Waals surface area contributed by atoms with Gasteiger partial charge in [-0.25, -0.2) is 0 Å². The van der Waals surface area contributed by atoms with Gasteiger partial charge in [0.2, 0.25) is 5.78 Å². The highest BCUT2D eigenvalue weighted by atomic mass is 35.5. The largest absolute Gasteiger partial charge is 0.503 e. The number of amides is 1. The number of aliphatic hydroxyl groups excluding tert-OH is 1. The maximum Gasteiger partial charge on any atom is 0.290 e. The number of halogens is 1. The van der Waals surface area contributed by atoms with Gasteiger partial charge in [-0.2, -0.15) is 0 Å². The molecule has 1 atom stereocenters.